The van der Waals surface area contributed by atoms with Crippen LogP contribution >= 0.6 is 0 Å². The second-order valence-corrected chi connectivity index (χ2v) is 8.56. The zero-order chi connectivity index (χ0) is 20.1. The zero-order valence-electron chi connectivity index (χ0n) is 16.1. The van der Waals surface area contributed by atoms with Crippen molar-refractivity contribution < 1.29 is 17.7 Å². The van der Waals surface area contributed by atoms with Crippen LogP contribution in [0.1, 0.15) is 22.8 Å². The van der Waals surface area contributed by atoms with E-state index in [4.69, 9.17) is 9.26 Å². The van der Waals surface area contributed by atoms with E-state index in [-0.39, 0.29) is 13.2 Å². The molecule has 1 heterocycles. The van der Waals surface area contributed by atoms with E-state index in [0.29, 0.717) is 28.8 Å². The number of para-hydroxylation sites is 1. The van der Waals surface area contributed by atoms with Gasteiger partial charge in [0.2, 0.25) is 10.0 Å². The number of likely N-dealkylation sites (N-methyl/N-ethyl adjacent to an activating group) is 1. The van der Waals surface area contributed by atoms with Crippen LogP contribution in [0.5, 0.6) is 5.75 Å². The smallest absolute Gasteiger partial charge is 0.264 e. The fourth-order valence-electron chi connectivity index (χ4n) is 2.75. The molecule has 0 fully saturated rings. The van der Waals surface area contributed by atoms with Gasteiger partial charge in [0.25, 0.3) is 5.89 Å². The van der Waals surface area contributed by atoms with Crippen molar-refractivity contribution in [3.8, 4) is 5.75 Å². The molecular weight excluding hydrogens is 378 g/mol. The first-order valence-corrected chi connectivity index (χ1v) is 10.3. The first-order chi connectivity index (χ1) is 13.4. The number of aryl methyl sites for hydroxylation is 2. The molecule has 0 aliphatic heterocycles. The molecule has 28 heavy (non-hydrogen) atoms. The molecule has 0 atom stereocenters. The quantitative estimate of drug-likeness (QED) is 0.576. The number of aromatic nitrogens is 2. The minimum atomic E-state index is -3.57. The van der Waals surface area contributed by atoms with Gasteiger partial charge >= 0.3 is 0 Å². The van der Waals surface area contributed by atoms with Crippen LogP contribution in [0.25, 0.3) is 0 Å². The summed E-state index contributed by atoms with van der Waals surface area (Å²) >= 11 is 0. The average molecular weight is 401 g/mol. The van der Waals surface area contributed by atoms with E-state index in [1.54, 1.807) is 26.1 Å². The lowest BCUT2D eigenvalue weighted by Crippen LogP contribution is -2.29. The van der Waals surface area contributed by atoms with Crippen molar-refractivity contribution in [2.45, 2.75) is 31.8 Å². The first-order valence-electron chi connectivity index (χ1n) is 8.89. The van der Waals surface area contributed by atoms with E-state index in [9.17, 15) is 8.42 Å². The molecule has 0 radical (unpaired) electrons. The summed E-state index contributed by atoms with van der Waals surface area (Å²) in [6, 6.07) is 14.6. The fraction of sp³-hybridized carbons (Fsp3) is 0.300. The van der Waals surface area contributed by atoms with Gasteiger partial charge in [-0.1, -0.05) is 41.1 Å². The molecule has 0 N–H and O–H groups in total. The van der Waals surface area contributed by atoms with E-state index < -0.39 is 10.0 Å². The highest BCUT2D eigenvalue weighted by Gasteiger charge is 2.23. The molecule has 0 saturated heterocycles. The molecule has 0 aliphatic rings. The SMILES string of the molecule is Cc1ccc(S(=O)(=O)N(C)CCc2noc(COc3ccccc3)n2)c(C)c1. The van der Waals surface area contributed by atoms with Gasteiger partial charge in [0.15, 0.2) is 12.4 Å². The lowest BCUT2D eigenvalue weighted by atomic mass is 10.2. The fourth-order valence-corrected chi connectivity index (χ4v) is 4.12. The van der Waals surface area contributed by atoms with Crippen LogP contribution in [0.15, 0.2) is 57.9 Å². The van der Waals surface area contributed by atoms with Crippen LogP contribution < -0.4 is 4.74 Å². The summed E-state index contributed by atoms with van der Waals surface area (Å²) in [6.45, 7) is 4.14. The van der Waals surface area contributed by atoms with Crippen molar-refractivity contribution in [2.24, 2.45) is 0 Å². The lowest BCUT2D eigenvalue weighted by molar-refractivity contribution is 0.242. The largest absolute Gasteiger partial charge is 0.484 e. The Kier molecular flexibility index (Phi) is 6.11. The van der Waals surface area contributed by atoms with Crippen LogP contribution in [-0.2, 0) is 23.1 Å². The molecule has 3 rings (SSSR count). The summed E-state index contributed by atoms with van der Waals surface area (Å²) < 4.78 is 37.6. The first kappa shape index (κ1) is 20.0. The maximum absolute atomic E-state index is 12.8. The van der Waals surface area contributed by atoms with E-state index in [1.807, 2.05) is 43.3 Å². The van der Waals surface area contributed by atoms with Gasteiger partial charge in [-0.05, 0) is 37.6 Å². The van der Waals surface area contributed by atoms with Gasteiger partial charge in [0.05, 0.1) is 4.90 Å². The third-order valence-electron chi connectivity index (χ3n) is 4.28. The monoisotopic (exact) mass is 401 g/mol. The Morgan fingerprint density at radius 2 is 1.86 bits per heavy atom. The molecule has 148 valence electrons. The molecule has 2 aromatic carbocycles. The Morgan fingerprint density at radius 1 is 1.11 bits per heavy atom. The molecule has 0 saturated carbocycles. The number of hydrogen-bond donors (Lipinski definition) is 0. The number of rotatable bonds is 8. The Hall–Kier alpha value is -2.71. The molecule has 0 bridgehead atoms. The third-order valence-corrected chi connectivity index (χ3v) is 6.30. The molecule has 8 heteroatoms. The van der Waals surface area contributed by atoms with Crippen LogP contribution in [0.3, 0.4) is 0 Å². The van der Waals surface area contributed by atoms with Gasteiger partial charge < -0.3 is 9.26 Å². The Bertz CT molecular complexity index is 1030. The van der Waals surface area contributed by atoms with Crippen molar-refractivity contribution >= 4 is 10.0 Å². The van der Waals surface area contributed by atoms with Gasteiger partial charge in [-0.15, -0.1) is 0 Å². The molecule has 0 spiro atoms. The molecule has 7 nitrogen and oxygen atoms in total. The molecule has 0 unspecified atom stereocenters. The highest BCUT2D eigenvalue weighted by atomic mass is 32.2. The summed E-state index contributed by atoms with van der Waals surface area (Å²) in [6.07, 6.45) is 0.343. The summed E-state index contributed by atoms with van der Waals surface area (Å²) in [5.74, 6) is 1.50. The Balaban J connectivity index is 1.58. The summed E-state index contributed by atoms with van der Waals surface area (Å²) in [7, 11) is -2.02. The van der Waals surface area contributed by atoms with Crippen LogP contribution in [0, 0.1) is 13.8 Å². The van der Waals surface area contributed by atoms with Crippen LogP contribution in [0.4, 0.5) is 0 Å². The van der Waals surface area contributed by atoms with Gasteiger partial charge in [0.1, 0.15) is 5.75 Å². The van der Waals surface area contributed by atoms with E-state index in [1.165, 1.54) is 4.31 Å². The molecular formula is C20H23N3O4S. The predicted molar refractivity (Wildman–Crippen MR) is 105 cm³/mol. The zero-order valence-corrected chi connectivity index (χ0v) is 16.9. The van der Waals surface area contributed by atoms with Gasteiger partial charge in [-0.2, -0.15) is 4.98 Å². The summed E-state index contributed by atoms with van der Waals surface area (Å²) in [4.78, 5) is 4.57. The minimum Gasteiger partial charge on any atom is -0.484 e. The number of hydrogen-bond acceptors (Lipinski definition) is 6. The molecule has 0 aliphatic carbocycles. The molecule has 0 amide bonds. The minimum absolute atomic E-state index is 0.160. The third kappa shape index (κ3) is 4.76. The van der Waals surface area contributed by atoms with E-state index in [2.05, 4.69) is 10.1 Å². The van der Waals surface area contributed by atoms with Gasteiger partial charge in [-0.3, -0.25) is 0 Å². The van der Waals surface area contributed by atoms with Crippen molar-refractivity contribution in [3.05, 3.63) is 71.4 Å². The number of benzene rings is 2. The number of nitrogens with zero attached hydrogens (tertiary/aromatic N) is 3. The molecule has 3 aromatic rings. The van der Waals surface area contributed by atoms with Crippen LogP contribution in [0.2, 0.25) is 0 Å². The van der Waals surface area contributed by atoms with E-state index in [0.717, 1.165) is 11.1 Å². The van der Waals surface area contributed by atoms with Crippen LogP contribution in [-0.4, -0.2) is 36.5 Å². The Morgan fingerprint density at radius 3 is 2.57 bits per heavy atom. The Labute approximate surface area is 165 Å². The van der Waals surface area contributed by atoms with Crippen molar-refractivity contribution in [3.63, 3.8) is 0 Å². The predicted octanol–water partition coefficient (Wildman–Crippen LogP) is 3.13. The highest BCUT2D eigenvalue weighted by molar-refractivity contribution is 7.89. The van der Waals surface area contributed by atoms with Crippen molar-refractivity contribution in [2.75, 3.05) is 13.6 Å². The highest BCUT2D eigenvalue weighted by Crippen LogP contribution is 2.20. The van der Waals surface area contributed by atoms with Crippen molar-refractivity contribution in [1.29, 1.82) is 0 Å². The van der Waals surface area contributed by atoms with Gasteiger partial charge in [0, 0.05) is 20.0 Å². The second kappa shape index (κ2) is 8.53. The normalized spacial score (nSPS) is 11.7. The topological polar surface area (TPSA) is 85.5 Å². The second-order valence-electron chi connectivity index (χ2n) is 6.55. The van der Waals surface area contributed by atoms with E-state index >= 15 is 0 Å². The summed E-state index contributed by atoms with van der Waals surface area (Å²) in [5.41, 5.74) is 1.75. The number of sulfonamides is 1. The summed E-state index contributed by atoms with van der Waals surface area (Å²) in [5, 5.41) is 3.90. The van der Waals surface area contributed by atoms with Crippen molar-refractivity contribution in [1.82, 2.24) is 14.4 Å². The average Bonchev–Trinajstić information content (AvgIpc) is 3.13. The van der Waals surface area contributed by atoms with Gasteiger partial charge in [-0.25, -0.2) is 12.7 Å². The maximum Gasteiger partial charge on any atom is 0.264 e. The lowest BCUT2D eigenvalue weighted by Gasteiger charge is -2.18. The maximum atomic E-state index is 12.8. The number of ether oxygens (including phenoxy) is 1. The standard InChI is InChI=1S/C20H23N3O4S/c1-15-9-10-18(16(2)13-15)28(24,25)23(3)12-11-19-21-20(27-22-19)14-26-17-7-5-4-6-8-17/h4-10,13H,11-12,14H2,1-3H3. The molecule has 1 aromatic heterocycles.